The van der Waals surface area contributed by atoms with Crippen LogP contribution in [0.4, 0.5) is 10.5 Å². The summed E-state index contributed by atoms with van der Waals surface area (Å²) in [7, 11) is 0. The van der Waals surface area contributed by atoms with Gasteiger partial charge in [0.1, 0.15) is 6.10 Å². The zero-order valence-corrected chi connectivity index (χ0v) is 21.7. The Morgan fingerprint density at radius 2 is 1.69 bits per heavy atom. The molecule has 1 saturated heterocycles. The summed E-state index contributed by atoms with van der Waals surface area (Å²) in [5.74, 6) is 3.00. The van der Waals surface area contributed by atoms with Crippen molar-refractivity contribution in [1.29, 1.82) is 0 Å². The van der Waals surface area contributed by atoms with E-state index in [1.165, 1.54) is 43.2 Å². The van der Waals surface area contributed by atoms with E-state index in [4.69, 9.17) is 4.74 Å². The Hall–Kier alpha value is -2.10. The highest BCUT2D eigenvalue weighted by molar-refractivity contribution is 5.91. The highest BCUT2D eigenvalue weighted by Gasteiger charge is 2.60. The molecule has 4 nitrogen and oxygen atoms in total. The molecule has 7 atom stereocenters. The quantitative estimate of drug-likeness (QED) is 0.468. The van der Waals surface area contributed by atoms with E-state index in [1.807, 2.05) is 11.0 Å². The van der Waals surface area contributed by atoms with Gasteiger partial charge < -0.3 is 4.74 Å². The number of ether oxygens (including phenoxy) is 1. The number of aryl methyl sites for hydroxylation is 1. The molecule has 1 aliphatic heterocycles. The summed E-state index contributed by atoms with van der Waals surface area (Å²) in [4.78, 5) is 27.0. The van der Waals surface area contributed by atoms with Gasteiger partial charge in [0.05, 0.1) is 0 Å². The van der Waals surface area contributed by atoms with E-state index in [9.17, 15) is 9.59 Å². The number of benzene rings is 1. The van der Waals surface area contributed by atoms with E-state index in [1.54, 1.807) is 0 Å². The Morgan fingerprint density at radius 3 is 2.43 bits per heavy atom. The predicted octanol–water partition coefficient (Wildman–Crippen LogP) is 7.11. The van der Waals surface area contributed by atoms with Gasteiger partial charge in [-0.3, -0.25) is 9.69 Å². The van der Waals surface area contributed by atoms with Crippen molar-refractivity contribution in [1.82, 2.24) is 0 Å². The predicted molar refractivity (Wildman–Crippen MR) is 138 cm³/mol. The third-order valence-electron chi connectivity index (χ3n) is 11.3. The number of carbonyl (C=O) groups excluding carboxylic acids is 2. The maximum absolute atomic E-state index is 13.1. The summed E-state index contributed by atoms with van der Waals surface area (Å²) in [6, 6.07) is 8.34. The number of anilines is 1. The second-order valence-electron chi connectivity index (χ2n) is 12.6. The smallest absolute Gasteiger partial charge is 0.414 e. The molecule has 0 spiro atoms. The van der Waals surface area contributed by atoms with Crippen LogP contribution in [-0.4, -0.2) is 24.5 Å². The van der Waals surface area contributed by atoms with Gasteiger partial charge in [-0.25, -0.2) is 4.79 Å². The van der Waals surface area contributed by atoms with Crippen LogP contribution in [0, 0.1) is 34.5 Å². The average molecular weight is 476 g/mol. The van der Waals surface area contributed by atoms with Crippen LogP contribution in [0.25, 0.3) is 0 Å². The van der Waals surface area contributed by atoms with Crippen molar-refractivity contribution >= 4 is 17.6 Å². The summed E-state index contributed by atoms with van der Waals surface area (Å²) in [5.41, 5.74) is 4.17. The number of hydrogen-bond donors (Lipinski definition) is 0. The SMILES string of the molecule is CCc1ccc(N2CCC([C@H]3CC[C@H]4[C@@H]5CCC6=CC(=O)CC[C@]6(C)[C@H]5CC[C@]34C)OC2=O)cc1. The Balaban J connectivity index is 1.17. The first-order valence-electron chi connectivity index (χ1n) is 14.1. The zero-order valence-electron chi connectivity index (χ0n) is 21.7. The topological polar surface area (TPSA) is 46.6 Å². The van der Waals surface area contributed by atoms with Crippen LogP contribution in [0.1, 0.15) is 84.1 Å². The van der Waals surface area contributed by atoms with Gasteiger partial charge in [-0.15, -0.1) is 0 Å². The molecule has 1 amide bonds. The molecule has 1 heterocycles. The van der Waals surface area contributed by atoms with E-state index in [0.717, 1.165) is 56.2 Å². The molecule has 0 N–H and O–H groups in total. The Bertz CT molecular complexity index is 1040. The number of carbonyl (C=O) groups is 2. The first kappa shape index (κ1) is 23.3. The molecule has 35 heavy (non-hydrogen) atoms. The highest BCUT2D eigenvalue weighted by Crippen LogP contribution is 2.67. The Labute approximate surface area is 210 Å². The molecular formula is C31H41NO3. The molecule has 1 unspecified atom stereocenters. The summed E-state index contributed by atoms with van der Waals surface area (Å²) in [6.07, 6.45) is 12.9. The number of hydrogen-bond acceptors (Lipinski definition) is 3. The minimum atomic E-state index is -0.168. The second kappa shape index (κ2) is 8.49. The summed E-state index contributed by atoms with van der Waals surface area (Å²) in [5, 5.41) is 0. The minimum absolute atomic E-state index is 0.0437. The van der Waals surface area contributed by atoms with Gasteiger partial charge >= 0.3 is 6.09 Å². The molecule has 4 aliphatic carbocycles. The van der Waals surface area contributed by atoms with Crippen LogP contribution in [0.5, 0.6) is 0 Å². The first-order chi connectivity index (χ1) is 16.8. The largest absolute Gasteiger partial charge is 0.445 e. The summed E-state index contributed by atoms with van der Waals surface area (Å²) < 4.78 is 6.20. The lowest BCUT2D eigenvalue weighted by Crippen LogP contribution is -2.53. The third kappa shape index (κ3) is 3.61. The lowest BCUT2D eigenvalue weighted by molar-refractivity contribution is -0.118. The Morgan fingerprint density at radius 1 is 0.914 bits per heavy atom. The molecule has 1 aromatic carbocycles. The number of amides is 1. The molecule has 0 aromatic heterocycles. The van der Waals surface area contributed by atoms with E-state index < -0.39 is 0 Å². The molecule has 0 bridgehead atoms. The summed E-state index contributed by atoms with van der Waals surface area (Å²) >= 11 is 0. The first-order valence-corrected chi connectivity index (χ1v) is 14.1. The average Bonchev–Trinajstić information content (AvgIpc) is 3.22. The fourth-order valence-corrected chi connectivity index (χ4v) is 9.24. The van der Waals surface area contributed by atoms with Gasteiger partial charge in [0.25, 0.3) is 0 Å². The zero-order chi connectivity index (χ0) is 24.4. The van der Waals surface area contributed by atoms with Gasteiger partial charge in [0, 0.05) is 31.0 Å². The van der Waals surface area contributed by atoms with Crippen LogP contribution in [0.15, 0.2) is 35.9 Å². The van der Waals surface area contributed by atoms with Gasteiger partial charge in [-0.2, -0.15) is 0 Å². The van der Waals surface area contributed by atoms with Crippen molar-refractivity contribution in [2.75, 3.05) is 11.4 Å². The minimum Gasteiger partial charge on any atom is -0.445 e. The van der Waals surface area contributed by atoms with Crippen molar-refractivity contribution in [3.05, 3.63) is 41.5 Å². The number of fused-ring (bicyclic) bond motifs is 5. The van der Waals surface area contributed by atoms with Crippen LogP contribution >= 0.6 is 0 Å². The maximum atomic E-state index is 13.1. The van der Waals surface area contributed by atoms with Gasteiger partial charge in [0.15, 0.2) is 5.78 Å². The van der Waals surface area contributed by atoms with E-state index in [2.05, 4.69) is 45.0 Å². The lowest BCUT2D eigenvalue weighted by atomic mass is 9.46. The second-order valence-corrected chi connectivity index (χ2v) is 12.6. The van der Waals surface area contributed by atoms with Gasteiger partial charge in [-0.1, -0.05) is 38.5 Å². The number of nitrogens with zero attached hydrogens (tertiary/aromatic N) is 1. The van der Waals surface area contributed by atoms with Crippen molar-refractivity contribution < 1.29 is 14.3 Å². The third-order valence-corrected chi connectivity index (χ3v) is 11.3. The van der Waals surface area contributed by atoms with E-state index in [0.29, 0.717) is 17.6 Å². The number of cyclic esters (lactones) is 1. The van der Waals surface area contributed by atoms with Crippen LogP contribution in [0.2, 0.25) is 0 Å². The fourth-order valence-electron chi connectivity index (χ4n) is 9.24. The highest BCUT2D eigenvalue weighted by atomic mass is 16.6. The molecule has 4 fully saturated rings. The number of rotatable bonds is 3. The molecule has 4 heteroatoms. The summed E-state index contributed by atoms with van der Waals surface area (Å²) in [6.45, 7) is 7.88. The van der Waals surface area contributed by atoms with Crippen molar-refractivity contribution in [3.63, 3.8) is 0 Å². The molecule has 5 aliphatic rings. The number of allylic oxidation sites excluding steroid dienone is 1. The lowest BCUT2D eigenvalue weighted by Gasteiger charge is -2.58. The van der Waals surface area contributed by atoms with E-state index in [-0.39, 0.29) is 23.0 Å². The molecule has 188 valence electrons. The molecule has 6 rings (SSSR count). The van der Waals surface area contributed by atoms with Crippen molar-refractivity contribution in [3.8, 4) is 0 Å². The molecular weight excluding hydrogens is 434 g/mol. The van der Waals surface area contributed by atoms with Gasteiger partial charge in [-0.05, 0) is 104 Å². The van der Waals surface area contributed by atoms with Crippen LogP contribution in [0.3, 0.4) is 0 Å². The fraction of sp³-hybridized carbons (Fsp3) is 0.677. The number of ketones is 1. The van der Waals surface area contributed by atoms with Crippen LogP contribution < -0.4 is 4.90 Å². The molecule has 1 aromatic rings. The standard InChI is InChI=1S/C31H41NO3/c1-4-20-5-8-22(9-6-20)32-18-15-28(35-29(32)34)27-12-11-25-24-10-7-21-19-23(33)13-16-30(21,2)26(24)14-17-31(25,27)3/h5-6,8-9,19,24-28H,4,7,10-18H2,1-3H3/t24-,25-,26-,27+,28?,30-,31-/m0/s1. The molecule has 0 radical (unpaired) electrons. The van der Waals surface area contributed by atoms with Crippen LogP contribution in [-0.2, 0) is 16.0 Å². The maximum Gasteiger partial charge on any atom is 0.414 e. The van der Waals surface area contributed by atoms with E-state index >= 15 is 0 Å². The molecule has 3 saturated carbocycles. The monoisotopic (exact) mass is 475 g/mol. The van der Waals surface area contributed by atoms with Crippen molar-refractivity contribution in [2.45, 2.75) is 91.1 Å². The normalized spacial score (nSPS) is 40.9. The van der Waals surface area contributed by atoms with Crippen molar-refractivity contribution in [2.24, 2.45) is 34.5 Å². The Kier molecular flexibility index (Phi) is 5.65. The van der Waals surface area contributed by atoms with Gasteiger partial charge in [0.2, 0.25) is 0 Å².